The van der Waals surface area contributed by atoms with Crippen molar-refractivity contribution in [2.24, 2.45) is 0 Å². The number of amides is 1. The molecule has 0 bridgehead atoms. The Hall–Kier alpha value is -3.38. The number of ether oxygens (including phenoxy) is 1. The molecular formula is C22H19N3O2S. The molecule has 1 heterocycles. The SMILES string of the molecule is CN(CC(=O)Nc1ccc(Oc2ccccc2)cc1)c1nc2ccccc2s1. The Balaban J connectivity index is 1.35. The van der Waals surface area contributed by atoms with Gasteiger partial charge in [0, 0.05) is 12.7 Å². The van der Waals surface area contributed by atoms with Crippen LogP contribution in [-0.4, -0.2) is 24.5 Å². The van der Waals surface area contributed by atoms with E-state index in [1.165, 1.54) is 0 Å². The molecule has 0 saturated heterocycles. The Labute approximate surface area is 167 Å². The molecule has 6 heteroatoms. The highest BCUT2D eigenvalue weighted by Crippen LogP contribution is 2.27. The lowest BCUT2D eigenvalue weighted by Crippen LogP contribution is -2.29. The molecule has 0 saturated carbocycles. The van der Waals surface area contributed by atoms with Crippen molar-refractivity contribution in [1.29, 1.82) is 0 Å². The van der Waals surface area contributed by atoms with Crippen molar-refractivity contribution in [3.8, 4) is 11.5 Å². The average molecular weight is 389 g/mol. The summed E-state index contributed by atoms with van der Waals surface area (Å²) < 4.78 is 6.87. The summed E-state index contributed by atoms with van der Waals surface area (Å²) >= 11 is 1.57. The first-order valence-corrected chi connectivity index (χ1v) is 9.68. The highest BCUT2D eigenvalue weighted by atomic mass is 32.1. The normalized spacial score (nSPS) is 10.6. The molecular weight excluding hydrogens is 370 g/mol. The molecule has 0 fully saturated rings. The summed E-state index contributed by atoms with van der Waals surface area (Å²) in [5.74, 6) is 1.39. The highest BCUT2D eigenvalue weighted by molar-refractivity contribution is 7.22. The fourth-order valence-corrected chi connectivity index (χ4v) is 3.66. The second kappa shape index (κ2) is 8.10. The highest BCUT2D eigenvalue weighted by Gasteiger charge is 2.12. The van der Waals surface area contributed by atoms with Gasteiger partial charge in [-0.3, -0.25) is 4.79 Å². The Bertz CT molecular complexity index is 1040. The number of nitrogens with zero attached hydrogens (tertiary/aromatic N) is 2. The monoisotopic (exact) mass is 389 g/mol. The van der Waals surface area contributed by atoms with Crippen LogP contribution in [0.3, 0.4) is 0 Å². The number of nitrogens with one attached hydrogen (secondary N) is 1. The predicted octanol–water partition coefficient (Wildman–Crippen LogP) is 5.16. The molecule has 0 atom stereocenters. The van der Waals surface area contributed by atoms with Crippen molar-refractivity contribution in [3.05, 3.63) is 78.9 Å². The zero-order valence-electron chi connectivity index (χ0n) is 15.3. The number of benzene rings is 3. The number of hydrogen-bond donors (Lipinski definition) is 1. The van der Waals surface area contributed by atoms with Crippen LogP contribution in [-0.2, 0) is 4.79 Å². The van der Waals surface area contributed by atoms with Crippen molar-refractivity contribution in [2.75, 3.05) is 23.8 Å². The summed E-state index contributed by atoms with van der Waals surface area (Å²) in [7, 11) is 1.87. The smallest absolute Gasteiger partial charge is 0.243 e. The number of fused-ring (bicyclic) bond motifs is 1. The van der Waals surface area contributed by atoms with Crippen LogP contribution < -0.4 is 15.0 Å². The summed E-state index contributed by atoms with van der Waals surface area (Å²) in [4.78, 5) is 18.8. The first-order valence-electron chi connectivity index (χ1n) is 8.87. The van der Waals surface area contributed by atoms with Gasteiger partial charge >= 0.3 is 0 Å². The van der Waals surface area contributed by atoms with Gasteiger partial charge in [0.15, 0.2) is 5.13 Å². The summed E-state index contributed by atoms with van der Waals surface area (Å²) in [5, 5.41) is 3.73. The molecule has 1 N–H and O–H groups in total. The Morgan fingerprint density at radius 3 is 2.39 bits per heavy atom. The molecule has 0 aliphatic carbocycles. The number of carbonyl (C=O) groups is 1. The number of carbonyl (C=O) groups excluding carboxylic acids is 1. The summed E-state index contributed by atoms with van der Waals surface area (Å²) in [6.07, 6.45) is 0. The Morgan fingerprint density at radius 1 is 0.964 bits per heavy atom. The van der Waals surface area contributed by atoms with Gasteiger partial charge in [-0.2, -0.15) is 0 Å². The van der Waals surface area contributed by atoms with Gasteiger partial charge in [0.25, 0.3) is 0 Å². The maximum Gasteiger partial charge on any atom is 0.243 e. The molecule has 0 aliphatic rings. The summed E-state index contributed by atoms with van der Waals surface area (Å²) in [6.45, 7) is 0.224. The van der Waals surface area contributed by atoms with Gasteiger partial charge in [0.05, 0.1) is 16.8 Å². The van der Waals surface area contributed by atoms with Gasteiger partial charge in [-0.25, -0.2) is 4.98 Å². The Kier molecular flexibility index (Phi) is 5.21. The Morgan fingerprint density at radius 2 is 1.64 bits per heavy atom. The molecule has 28 heavy (non-hydrogen) atoms. The van der Waals surface area contributed by atoms with E-state index in [9.17, 15) is 4.79 Å². The number of rotatable bonds is 6. The quantitative estimate of drug-likeness (QED) is 0.495. The molecule has 4 aromatic rings. The maximum absolute atomic E-state index is 12.4. The van der Waals surface area contributed by atoms with Crippen molar-refractivity contribution >= 4 is 38.3 Å². The lowest BCUT2D eigenvalue weighted by molar-refractivity contribution is -0.114. The largest absolute Gasteiger partial charge is 0.457 e. The molecule has 3 aromatic carbocycles. The van der Waals surface area contributed by atoms with Crippen LogP contribution in [0.5, 0.6) is 11.5 Å². The van der Waals surface area contributed by atoms with Crippen LogP contribution in [0.4, 0.5) is 10.8 Å². The second-order valence-electron chi connectivity index (χ2n) is 6.31. The number of thiazole rings is 1. The minimum Gasteiger partial charge on any atom is -0.457 e. The van der Waals surface area contributed by atoms with Gasteiger partial charge in [0.2, 0.25) is 5.91 Å². The van der Waals surface area contributed by atoms with E-state index in [1.807, 2.05) is 90.8 Å². The van der Waals surface area contributed by atoms with Gasteiger partial charge in [0.1, 0.15) is 11.5 Å². The molecule has 0 spiro atoms. The van der Waals surface area contributed by atoms with Gasteiger partial charge < -0.3 is 15.0 Å². The van der Waals surface area contributed by atoms with Gasteiger partial charge in [-0.05, 0) is 48.5 Å². The number of aromatic nitrogens is 1. The van der Waals surface area contributed by atoms with E-state index in [4.69, 9.17) is 4.74 Å². The minimum absolute atomic E-state index is 0.0986. The maximum atomic E-state index is 12.4. The number of likely N-dealkylation sites (N-methyl/N-ethyl adjacent to an activating group) is 1. The van der Waals surface area contributed by atoms with Gasteiger partial charge in [-0.1, -0.05) is 41.7 Å². The molecule has 1 aromatic heterocycles. The molecule has 140 valence electrons. The van der Waals surface area contributed by atoms with E-state index >= 15 is 0 Å². The van der Waals surface area contributed by atoms with E-state index in [1.54, 1.807) is 11.3 Å². The number of anilines is 2. The second-order valence-corrected chi connectivity index (χ2v) is 7.32. The lowest BCUT2D eigenvalue weighted by Gasteiger charge is -2.15. The lowest BCUT2D eigenvalue weighted by atomic mass is 10.3. The van der Waals surface area contributed by atoms with Crippen molar-refractivity contribution < 1.29 is 9.53 Å². The fraction of sp³-hybridized carbons (Fsp3) is 0.0909. The number of para-hydroxylation sites is 2. The van der Waals surface area contributed by atoms with E-state index in [2.05, 4.69) is 10.3 Å². The zero-order valence-corrected chi connectivity index (χ0v) is 16.1. The van der Waals surface area contributed by atoms with Gasteiger partial charge in [-0.15, -0.1) is 0 Å². The number of hydrogen-bond acceptors (Lipinski definition) is 5. The van der Waals surface area contributed by atoms with Crippen LogP contribution in [0.1, 0.15) is 0 Å². The third-order valence-corrected chi connectivity index (χ3v) is 5.26. The minimum atomic E-state index is -0.0986. The third-order valence-electron chi connectivity index (χ3n) is 4.11. The molecule has 5 nitrogen and oxygen atoms in total. The zero-order chi connectivity index (χ0) is 19.3. The van der Waals surface area contributed by atoms with E-state index < -0.39 is 0 Å². The van der Waals surface area contributed by atoms with Crippen LogP contribution in [0.15, 0.2) is 78.9 Å². The van der Waals surface area contributed by atoms with E-state index in [0.717, 1.165) is 32.5 Å². The summed E-state index contributed by atoms with van der Waals surface area (Å²) in [5.41, 5.74) is 1.67. The van der Waals surface area contributed by atoms with Crippen LogP contribution in [0.2, 0.25) is 0 Å². The topological polar surface area (TPSA) is 54.5 Å². The van der Waals surface area contributed by atoms with Crippen molar-refractivity contribution in [1.82, 2.24) is 4.98 Å². The predicted molar refractivity (Wildman–Crippen MR) is 114 cm³/mol. The average Bonchev–Trinajstić information content (AvgIpc) is 3.15. The molecule has 0 radical (unpaired) electrons. The van der Waals surface area contributed by atoms with E-state index in [-0.39, 0.29) is 12.5 Å². The summed E-state index contributed by atoms with van der Waals surface area (Å²) in [6, 6.07) is 24.9. The fourth-order valence-electron chi connectivity index (χ4n) is 2.74. The molecule has 4 rings (SSSR count). The van der Waals surface area contributed by atoms with Crippen LogP contribution in [0.25, 0.3) is 10.2 Å². The van der Waals surface area contributed by atoms with Crippen molar-refractivity contribution in [2.45, 2.75) is 0 Å². The van der Waals surface area contributed by atoms with Crippen LogP contribution >= 0.6 is 11.3 Å². The standard InChI is InChI=1S/C22H19N3O2S/c1-25(22-24-19-9-5-6-10-20(19)28-22)15-21(26)23-16-11-13-18(14-12-16)27-17-7-3-2-4-8-17/h2-14H,15H2,1H3,(H,23,26). The first-order chi connectivity index (χ1) is 13.7. The third kappa shape index (κ3) is 4.29. The molecule has 0 aliphatic heterocycles. The molecule has 1 amide bonds. The van der Waals surface area contributed by atoms with Crippen LogP contribution in [0, 0.1) is 0 Å². The van der Waals surface area contributed by atoms with Crippen molar-refractivity contribution in [3.63, 3.8) is 0 Å². The first kappa shape index (κ1) is 18.0. The van der Waals surface area contributed by atoms with E-state index in [0.29, 0.717) is 0 Å². The molecule has 0 unspecified atom stereocenters.